The monoisotopic (exact) mass is 429 g/mol. The van der Waals surface area contributed by atoms with E-state index in [4.69, 9.17) is 23.2 Å². The van der Waals surface area contributed by atoms with Crippen LogP contribution in [0.1, 0.15) is 36.1 Å². The van der Waals surface area contributed by atoms with Gasteiger partial charge in [-0.3, -0.25) is 0 Å². The van der Waals surface area contributed by atoms with Crippen LogP contribution >= 0.6 is 23.2 Å². The lowest BCUT2D eigenvalue weighted by Crippen LogP contribution is -2.35. The Labute approximate surface area is 179 Å². The van der Waals surface area contributed by atoms with Gasteiger partial charge in [0.2, 0.25) is 0 Å². The molecule has 2 heterocycles. The van der Waals surface area contributed by atoms with Crippen molar-refractivity contribution in [2.24, 2.45) is 0 Å². The van der Waals surface area contributed by atoms with Crippen molar-refractivity contribution >= 4 is 34.9 Å². The molecule has 29 heavy (non-hydrogen) atoms. The molecule has 1 fully saturated rings. The second-order valence-electron chi connectivity index (χ2n) is 7.11. The summed E-state index contributed by atoms with van der Waals surface area (Å²) in [5, 5.41) is 13.0. The number of halogens is 2. The highest BCUT2D eigenvalue weighted by atomic mass is 35.5. The molecular formula is C21H21Cl2N5O. The zero-order chi connectivity index (χ0) is 20.4. The number of aromatic nitrogens is 3. The van der Waals surface area contributed by atoms with Crippen LogP contribution in [-0.2, 0) is 6.54 Å². The van der Waals surface area contributed by atoms with Crippen LogP contribution in [-0.4, -0.2) is 32.2 Å². The molecule has 2 aromatic carbocycles. The van der Waals surface area contributed by atoms with Crippen molar-refractivity contribution in [1.29, 1.82) is 0 Å². The molecule has 0 saturated carbocycles. The van der Waals surface area contributed by atoms with Gasteiger partial charge in [-0.15, -0.1) is 10.2 Å². The third-order valence-electron chi connectivity index (χ3n) is 5.13. The van der Waals surface area contributed by atoms with Gasteiger partial charge in [0.15, 0.2) is 5.82 Å². The molecule has 1 aliphatic heterocycles. The maximum absolute atomic E-state index is 12.9. The van der Waals surface area contributed by atoms with Crippen LogP contribution < -0.4 is 5.32 Å². The van der Waals surface area contributed by atoms with Crippen LogP contribution in [0.2, 0.25) is 10.0 Å². The Bertz CT molecular complexity index is 1000. The summed E-state index contributed by atoms with van der Waals surface area (Å²) in [6, 6.07) is 14.6. The SMILES string of the molecule is Cc1nnc([C@H]2CCCN2C(=O)Nc2ccc(Cl)cc2)n1Cc1ccc(Cl)cc1. The summed E-state index contributed by atoms with van der Waals surface area (Å²) in [6.07, 6.45) is 1.78. The van der Waals surface area contributed by atoms with Gasteiger partial charge >= 0.3 is 6.03 Å². The van der Waals surface area contributed by atoms with Gasteiger partial charge in [0, 0.05) is 22.3 Å². The van der Waals surface area contributed by atoms with Crippen LogP contribution in [0.3, 0.4) is 0 Å². The molecule has 4 rings (SSSR count). The van der Waals surface area contributed by atoms with Crippen molar-refractivity contribution in [1.82, 2.24) is 19.7 Å². The van der Waals surface area contributed by atoms with Gasteiger partial charge in [0.05, 0.1) is 12.6 Å². The minimum absolute atomic E-state index is 0.115. The molecule has 150 valence electrons. The van der Waals surface area contributed by atoms with Crippen molar-refractivity contribution in [3.63, 3.8) is 0 Å². The smallest absolute Gasteiger partial charge is 0.314 e. The number of hydrogen-bond donors (Lipinski definition) is 1. The van der Waals surface area contributed by atoms with Crippen LogP contribution in [0.15, 0.2) is 48.5 Å². The Balaban J connectivity index is 1.55. The normalized spacial score (nSPS) is 16.2. The van der Waals surface area contributed by atoms with Crippen molar-refractivity contribution < 1.29 is 4.79 Å². The van der Waals surface area contributed by atoms with Gasteiger partial charge < -0.3 is 14.8 Å². The first kappa shape index (κ1) is 19.7. The van der Waals surface area contributed by atoms with E-state index in [1.54, 1.807) is 24.3 Å². The first-order valence-corrected chi connectivity index (χ1v) is 10.2. The van der Waals surface area contributed by atoms with Gasteiger partial charge in [0.25, 0.3) is 0 Å². The number of anilines is 1. The minimum atomic E-state index is -0.145. The molecule has 0 unspecified atom stereocenters. The Morgan fingerprint density at radius 1 is 1.07 bits per heavy atom. The molecule has 0 radical (unpaired) electrons. The standard InChI is InChI=1S/C21H21Cl2N5O/c1-14-25-26-20(28(14)13-15-4-6-16(22)7-5-15)19-3-2-12-27(19)21(29)24-18-10-8-17(23)9-11-18/h4-11,19H,2-3,12-13H2,1H3,(H,24,29)/t19-/m1/s1. The number of rotatable bonds is 4. The van der Waals surface area contributed by atoms with Gasteiger partial charge in [0.1, 0.15) is 5.82 Å². The van der Waals surface area contributed by atoms with Gasteiger partial charge in [-0.2, -0.15) is 0 Å². The number of nitrogens with zero attached hydrogens (tertiary/aromatic N) is 4. The van der Waals surface area contributed by atoms with Crippen molar-refractivity contribution in [3.8, 4) is 0 Å². The lowest BCUT2D eigenvalue weighted by Gasteiger charge is -2.25. The van der Waals surface area contributed by atoms with Crippen LogP contribution in [0.5, 0.6) is 0 Å². The van der Waals surface area contributed by atoms with Crippen molar-refractivity contribution in [3.05, 3.63) is 75.8 Å². The van der Waals surface area contributed by atoms with E-state index in [1.165, 1.54) is 0 Å². The topological polar surface area (TPSA) is 63.1 Å². The number of benzene rings is 2. The summed E-state index contributed by atoms with van der Waals surface area (Å²) in [5.74, 6) is 1.63. The minimum Gasteiger partial charge on any atom is -0.314 e. The van der Waals surface area contributed by atoms with E-state index in [1.807, 2.05) is 36.1 Å². The Morgan fingerprint density at radius 3 is 2.41 bits per heavy atom. The number of urea groups is 1. The fourth-order valence-corrected chi connectivity index (χ4v) is 3.87. The summed E-state index contributed by atoms with van der Waals surface area (Å²) in [4.78, 5) is 14.7. The number of carbonyl (C=O) groups excluding carboxylic acids is 1. The largest absolute Gasteiger partial charge is 0.322 e. The molecule has 1 saturated heterocycles. The first-order valence-electron chi connectivity index (χ1n) is 9.48. The van der Waals surface area contributed by atoms with Crippen molar-refractivity contribution in [2.75, 3.05) is 11.9 Å². The molecular weight excluding hydrogens is 409 g/mol. The highest BCUT2D eigenvalue weighted by Crippen LogP contribution is 2.32. The van der Waals surface area contributed by atoms with E-state index in [9.17, 15) is 4.79 Å². The molecule has 3 aromatic rings. The van der Waals surface area contributed by atoms with E-state index >= 15 is 0 Å². The third-order valence-corrected chi connectivity index (χ3v) is 5.63. The number of carbonyl (C=O) groups is 1. The second kappa shape index (κ2) is 8.43. The van der Waals surface area contributed by atoms with Gasteiger partial charge in [-0.25, -0.2) is 4.79 Å². The average Bonchev–Trinajstić information content (AvgIpc) is 3.33. The Morgan fingerprint density at radius 2 is 1.72 bits per heavy atom. The number of nitrogens with one attached hydrogen (secondary N) is 1. The summed E-state index contributed by atoms with van der Waals surface area (Å²) in [7, 11) is 0. The average molecular weight is 430 g/mol. The molecule has 8 heteroatoms. The highest BCUT2D eigenvalue weighted by molar-refractivity contribution is 6.30. The molecule has 0 aliphatic carbocycles. The molecule has 6 nitrogen and oxygen atoms in total. The highest BCUT2D eigenvalue weighted by Gasteiger charge is 2.34. The van der Waals surface area contributed by atoms with Gasteiger partial charge in [-0.05, 0) is 61.7 Å². The van der Waals surface area contributed by atoms with E-state index in [2.05, 4.69) is 20.1 Å². The second-order valence-corrected chi connectivity index (χ2v) is 7.98. The molecule has 1 atom stereocenters. The maximum Gasteiger partial charge on any atom is 0.322 e. The van der Waals surface area contributed by atoms with E-state index in [0.717, 1.165) is 30.1 Å². The fraction of sp³-hybridized carbons (Fsp3) is 0.286. The lowest BCUT2D eigenvalue weighted by atomic mass is 10.2. The van der Waals surface area contributed by atoms with E-state index in [-0.39, 0.29) is 12.1 Å². The predicted molar refractivity (Wildman–Crippen MR) is 114 cm³/mol. The quantitative estimate of drug-likeness (QED) is 0.610. The summed E-state index contributed by atoms with van der Waals surface area (Å²) in [5.41, 5.74) is 1.82. The Hall–Kier alpha value is -2.57. The molecule has 1 aromatic heterocycles. The zero-order valence-electron chi connectivity index (χ0n) is 16.0. The van der Waals surface area contributed by atoms with Crippen LogP contribution in [0, 0.1) is 6.92 Å². The number of likely N-dealkylation sites (tertiary alicyclic amines) is 1. The number of amides is 2. The maximum atomic E-state index is 12.9. The number of hydrogen-bond acceptors (Lipinski definition) is 3. The first-order chi connectivity index (χ1) is 14.0. The summed E-state index contributed by atoms with van der Waals surface area (Å²) in [6.45, 7) is 3.24. The van der Waals surface area contributed by atoms with Crippen LogP contribution in [0.25, 0.3) is 0 Å². The van der Waals surface area contributed by atoms with Gasteiger partial charge in [-0.1, -0.05) is 35.3 Å². The number of aryl methyl sites for hydroxylation is 1. The molecule has 1 aliphatic rings. The zero-order valence-corrected chi connectivity index (χ0v) is 17.5. The molecule has 0 bridgehead atoms. The lowest BCUT2D eigenvalue weighted by molar-refractivity contribution is 0.204. The summed E-state index contributed by atoms with van der Waals surface area (Å²) < 4.78 is 2.07. The predicted octanol–water partition coefficient (Wildman–Crippen LogP) is 5.31. The van der Waals surface area contributed by atoms with E-state index < -0.39 is 0 Å². The molecule has 0 spiro atoms. The fourth-order valence-electron chi connectivity index (χ4n) is 3.62. The van der Waals surface area contributed by atoms with E-state index in [0.29, 0.717) is 28.8 Å². The third kappa shape index (κ3) is 4.38. The molecule has 1 N–H and O–H groups in total. The van der Waals surface area contributed by atoms with Crippen LogP contribution in [0.4, 0.5) is 10.5 Å². The summed E-state index contributed by atoms with van der Waals surface area (Å²) >= 11 is 11.9. The molecule has 2 amide bonds. The Kier molecular flexibility index (Phi) is 5.74. The van der Waals surface area contributed by atoms with Crippen molar-refractivity contribution in [2.45, 2.75) is 32.4 Å².